The third kappa shape index (κ3) is 17.2. The number of rotatable bonds is 28. The molecule has 1 aromatic carbocycles. The zero-order valence-electron chi connectivity index (χ0n) is 43.2. The minimum Gasteiger partial charge on any atom is -0.394 e. The fraction of sp³-hybridized carbons (Fsp3) is 0.551. The summed E-state index contributed by atoms with van der Waals surface area (Å²) in [5, 5.41) is 34.4. The number of H-pyrrole nitrogens is 2. The standard InChI is InChI=1S/C49H72N16O11/c1-5-53-47(75)38-13-9-17-65(38)48(76)33(12-8-16-54-49(50)51)61-43(71)34(18-26(2)3)60-40(68)23-56-41(69)27(4)58-46(74)37(24-66)64-44(72)35(19-28-21-55-31-11-7-6-10-30(28)31)62-45(73)36(20-29-22-52-25-57-29)63-42(70)32-14-15-39(67)59-32/h6-7,10-11,21-22,25-27,32-38,55,66H,5,8-9,12-20,23-24H2,1-4H3,(H,52,57)(H,53,75)(H,56,69)(H,58,74)(H,59,67)(H,60,68)(H,61,71)(H,62,73)(H,63,70)(H,64,72)(H4,50,51,54)/t27-,32+,33+,34+,35+,36+,37+,38+/m1/s1. The molecule has 0 spiro atoms. The fourth-order valence-corrected chi connectivity index (χ4v) is 8.85. The second-order valence-corrected chi connectivity index (χ2v) is 19.2. The Morgan fingerprint density at radius 3 is 2.14 bits per heavy atom. The summed E-state index contributed by atoms with van der Waals surface area (Å²) in [6.07, 6.45) is 6.23. The van der Waals surface area contributed by atoms with Gasteiger partial charge in [-0.25, -0.2) is 4.98 Å². The number of carbonyl (C=O) groups excluding carboxylic acids is 10. The number of nitrogens with two attached hydrogens (primary N) is 2. The lowest BCUT2D eigenvalue weighted by Crippen LogP contribution is -2.60. The Labute approximate surface area is 438 Å². The van der Waals surface area contributed by atoms with E-state index in [2.05, 4.69) is 67.8 Å². The second kappa shape index (κ2) is 28.5. The van der Waals surface area contributed by atoms with E-state index in [0.717, 1.165) is 10.9 Å². The molecule has 27 nitrogen and oxygen atoms in total. The Bertz CT molecular complexity index is 2560. The molecule has 0 radical (unpaired) electrons. The third-order valence-corrected chi connectivity index (χ3v) is 12.8. The number of aliphatic imine (C=N–C) groups is 1. The molecule has 5 rings (SSSR count). The van der Waals surface area contributed by atoms with Crippen molar-refractivity contribution in [1.29, 1.82) is 0 Å². The summed E-state index contributed by atoms with van der Waals surface area (Å²) < 4.78 is 0. The minimum atomic E-state index is -1.65. The molecule has 8 atom stereocenters. The zero-order valence-corrected chi connectivity index (χ0v) is 43.2. The first-order valence-corrected chi connectivity index (χ1v) is 25.4. The summed E-state index contributed by atoms with van der Waals surface area (Å²) in [7, 11) is 0. The van der Waals surface area contributed by atoms with Crippen LogP contribution in [0.3, 0.4) is 0 Å². The van der Waals surface area contributed by atoms with Crippen LogP contribution in [0.15, 0.2) is 48.0 Å². The van der Waals surface area contributed by atoms with Crippen molar-refractivity contribution < 1.29 is 53.1 Å². The number of likely N-dealkylation sites (tertiary alicyclic amines) is 1. The summed E-state index contributed by atoms with van der Waals surface area (Å²) >= 11 is 0. The maximum atomic E-state index is 14.1. The Kier molecular flexibility index (Phi) is 22.1. The van der Waals surface area contributed by atoms with Gasteiger partial charge >= 0.3 is 0 Å². The maximum absolute atomic E-state index is 14.1. The molecule has 2 saturated heterocycles. The Morgan fingerprint density at radius 2 is 1.49 bits per heavy atom. The highest BCUT2D eigenvalue weighted by molar-refractivity contribution is 5.99. The van der Waals surface area contributed by atoms with E-state index in [1.807, 2.05) is 26.0 Å². The fourth-order valence-electron chi connectivity index (χ4n) is 8.85. The Hall–Kier alpha value is -8.10. The van der Waals surface area contributed by atoms with Gasteiger partial charge in [0, 0.05) is 67.9 Å². The first kappa shape index (κ1) is 58.8. The number of aliphatic hydroxyl groups is 1. The van der Waals surface area contributed by atoms with Gasteiger partial charge < -0.3 is 79.3 Å². The summed E-state index contributed by atoms with van der Waals surface area (Å²) in [5.74, 6) is -6.97. The van der Waals surface area contributed by atoms with Crippen LogP contribution in [0.25, 0.3) is 10.9 Å². The van der Waals surface area contributed by atoms with E-state index in [4.69, 9.17) is 11.5 Å². The summed E-state index contributed by atoms with van der Waals surface area (Å²) in [6, 6.07) is -2.29. The molecule has 2 aromatic heterocycles. The van der Waals surface area contributed by atoms with Crippen LogP contribution in [0, 0.1) is 5.92 Å². The number of hydrogen-bond acceptors (Lipinski definition) is 13. The molecule has 3 aromatic rings. The van der Waals surface area contributed by atoms with E-state index >= 15 is 0 Å². The second-order valence-electron chi connectivity index (χ2n) is 19.2. The van der Waals surface area contributed by atoms with Crippen LogP contribution in [0.2, 0.25) is 0 Å². The number of para-hydroxylation sites is 1. The molecule has 10 amide bonds. The van der Waals surface area contributed by atoms with E-state index in [0.29, 0.717) is 43.6 Å². The van der Waals surface area contributed by atoms with Crippen molar-refractivity contribution in [2.45, 2.75) is 134 Å². The van der Waals surface area contributed by atoms with Crippen LogP contribution in [0.4, 0.5) is 0 Å². The average molecular weight is 1060 g/mol. The number of fused-ring (bicyclic) bond motifs is 1. The Morgan fingerprint density at radius 1 is 0.803 bits per heavy atom. The van der Waals surface area contributed by atoms with Crippen molar-refractivity contribution in [3.8, 4) is 0 Å². The smallest absolute Gasteiger partial charge is 0.245 e. The van der Waals surface area contributed by atoms with E-state index in [-0.39, 0.29) is 68.8 Å². The number of aromatic amines is 2. The zero-order chi connectivity index (χ0) is 55.5. The van der Waals surface area contributed by atoms with Crippen LogP contribution in [-0.2, 0) is 60.8 Å². The lowest BCUT2D eigenvalue weighted by atomic mass is 10.0. The molecule has 2 fully saturated rings. The monoisotopic (exact) mass is 1060 g/mol. The van der Waals surface area contributed by atoms with E-state index in [9.17, 15) is 53.1 Å². The highest BCUT2D eigenvalue weighted by atomic mass is 16.3. The average Bonchev–Trinajstić information content (AvgIpc) is 4.24. The van der Waals surface area contributed by atoms with Gasteiger partial charge in [-0.1, -0.05) is 32.0 Å². The van der Waals surface area contributed by atoms with Crippen LogP contribution >= 0.6 is 0 Å². The third-order valence-electron chi connectivity index (χ3n) is 12.8. The van der Waals surface area contributed by atoms with Crippen LogP contribution in [0.5, 0.6) is 0 Å². The molecule has 0 saturated carbocycles. The van der Waals surface area contributed by atoms with Gasteiger partial charge in [0.1, 0.15) is 48.3 Å². The number of nitrogens with one attached hydrogen (secondary N) is 11. The summed E-state index contributed by atoms with van der Waals surface area (Å²) in [4.78, 5) is 149. The van der Waals surface area contributed by atoms with Gasteiger partial charge in [0.05, 0.1) is 19.5 Å². The van der Waals surface area contributed by atoms with Gasteiger partial charge in [0.15, 0.2) is 5.96 Å². The number of hydrogen-bond donors (Lipinski definition) is 14. The molecular formula is C49H72N16O11. The van der Waals surface area contributed by atoms with Gasteiger partial charge in [-0.05, 0) is 69.9 Å². The quantitative estimate of drug-likeness (QED) is 0.0189. The van der Waals surface area contributed by atoms with Crippen molar-refractivity contribution in [3.63, 3.8) is 0 Å². The van der Waals surface area contributed by atoms with E-state index < -0.39 is 109 Å². The Balaban J connectivity index is 1.21. The molecule has 414 valence electrons. The number of nitrogens with zero attached hydrogens (tertiary/aromatic N) is 3. The maximum Gasteiger partial charge on any atom is 0.245 e. The summed E-state index contributed by atoms with van der Waals surface area (Å²) in [5.41, 5.74) is 12.8. The summed E-state index contributed by atoms with van der Waals surface area (Å²) in [6.45, 7) is 5.96. The normalized spacial score (nSPS) is 17.4. The first-order chi connectivity index (χ1) is 36.3. The number of aromatic nitrogens is 3. The minimum absolute atomic E-state index is 0.0785. The van der Waals surface area contributed by atoms with Crippen LogP contribution in [-0.4, -0.2) is 171 Å². The topological polar surface area (TPSA) is 411 Å². The van der Waals surface area contributed by atoms with E-state index in [1.54, 1.807) is 25.3 Å². The molecule has 2 aliphatic rings. The predicted molar refractivity (Wildman–Crippen MR) is 276 cm³/mol. The van der Waals surface area contributed by atoms with Gasteiger partial charge in [-0.3, -0.25) is 52.9 Å². The predicted octanol–water partition coefficient (Wildman–Crippen LogP) is -3.78. The first-order valence-electron chi connectivity index (χ1n) is 25.4. The molecule has 0 unspecified atom stereocenters. The highest BCUT2D eigenvalue weighted by Crippen LogP contribution is 2.22. The number of aliphatic hydroxyl groups excluding tert-OH is 1. The van der Waals surface area contributed by atoms with Gasteiger partial charge in [0.2, 0.25) is 59.1 Å². The molecule has 0 aliphatic carbocycles. The van der Waals surface area contributed by atoms with Crippen molar-refractivity contribution in [1.82, 2.24) is 67.7 Å². The molecule has 2 aliphatic heterocycles. The number of guanidine groups is 1. The van der Waals surface area contributed by atoms with Crippen molar-refractivity contribution in [2.24, 2.45) is 22.4 Å². The highest BCUT2D eigenvalue weighted by Gasteiger charge is 2.39. The molecule has 4 heterocycles. The SMILES string of the molecule is CCNC(=O)[C@@H]1CCCN1C(=O)[C@H](CCCN=C(N)N)NC(=O)[C@H](CC(C)C)NC(=O)CNC(=O)[C@@H](C)NC(=O)[C@H](CO)NC(=O)[C@H](Cc1c[nH]c2ccccc12)NC(=O)[C@H](Cc1cnc[nH]1)NC(=O)[C@@H]1CCC(=O)N1. The molecule has 0 bridgehead atoms. The van der Waals surface area contributed by atoms with Crippen molar-refractivity contribution in [3.05, 3.63) is 54.2 Å². The number of imidazole rings is 1. The van der Waals surface area contributed by atoms with Crippen molar-refractivity contribution in [2.75, 3.05) is 32.8 Å². The van der Waals surface area contributed by atoms with Crippen LogP contribution < -0.4 is 59.3 Å². The van der Waals surface area contributed by atoms with Gasteiger partial charge in [-0.2, -0.15) is 0 Å². The molecule has 16 N–H and O–H groups in total. The van der Waals surface area contributed by atoms with Gasteiger partial charge in [0.25, 0.3) is 0 Å². The lowest BCUT2D eigenvalue weighted by Gasteiger charge is -2.30. The molecular weight excluding hydrogens is 989 g/mol. The molecule has 27 heteroatoms. The number of amides is 10. The van der Waals surface area contributed by atoms with E-state index in [1.165, 1.54) is 24.3 Å². The number of carbonyl (C=O) groups is 10. The van der Waals surface area contributed by atoms with Crippen LogP contribution in [0.1, 0.15) is 83.9 Å². The van der Waals surface area contributed by atoms with Crippen molar-refractivity contribution >= 4 is 75.9 Å². The number of likely N-dealkylation sites (N-methyl/N-ethyl adjacent to an activating group) is 1. The molecule has 76 heavy (non-hydrogen) atoms. The lowest BCUT2D eigenvalue weighted by molar-refractivity contribution is -0.142. The largest absolute Gasteiger partial charge is 0.394 e. The van der Waals surface area contributed by atoms with Gasteiger partial charge in [-0.15, -0.1) is 0 Å². The number of benzene rings is 1.